The molecule has 0 saturated heterocycles. The Morgan fingerprint density at radius 3 is 2.21 bits per heavy atom. The zero-order chi connectivity index (χ0) is 13.8. The second kappa shape index (κ2) is 5.84. The van der Waals surface area contributed by atoms with Crippen LogP contribution in [0.5, 0.6) is 11.5 Å². The lowest BCUT2D eigenvalue weighted by Crippen LogP contribution is -1.95. The molecule has 0 aliphatic heterocycles. The van der Waals surface area contributed by atoms with E-state index >= 15 is 0 Å². The van der Waals surface area contributed by atoms with Gasteiger partial charge in [-0.25, -0.2) is 0 Å². The minimum absolute atomic E-state index is 0.615. The van der Waals surface area contributed by atoms with Crippen LogP contribution in [0.2, 0.25) is 0 Å². The third-order valence-corrected chi connectivity index (χ3v) is 3.29. The number of methoxy groups -OCH3 is 2. The fourth-order valence-electron chi connectivity index (χ4n) is 1.70. The molecule has 0 aromatic heterocycles. The fourth-order valence-corrected chi connectivity index (χ4v) is 2.24. The minimum Gasteiger partial charge on any atom is -0.496 e. The Kier molecular flexibility index (Phi) is 4.16. The summed E-state index contributed by atoms with van der Waals surface area (Å²) in [5.41, 5.74) is 8.24. The summed E-state index contributed by atoms with van der Waals surface area (Å²) in [6.07, 6.45) is 0. The smallest absolute Gasteiger partial charge is 0.143 e. The van der Waals surface area contributed by atoms with E-state index in [-0.39, 0.29) is 0 Å². The molecule has 0 atom stereocenters. The number of anilines is 3. The lowest BCUT2D eigenvalue weighted by molar-refractivity contribution is 0.412. The van der Waals surface area contributed by atoms with Crippen LogP contribution in [-0.4, -0.2) is 14.2 Å². The number of rotatable bonds is 4. The zero-order valence-corrected chi connectivity index (χ0v) is 12.3. The first-order valence-corrected chi connectivity index (χ1v) is 6.47. The minimum atomic E-state index is 0.615. The van der Waals surface area contributed by atoms with Gasteiger partial charge in [0.15, 0.2) is 0 Å². The van der Waals surface area contributed by atoms with E-state index in [1.165, 1.54) is 0 Å². The number of hydrogen-bond acceptors (Lipinski definition) is 4. The predicted octanol–water partition coefficient (Wildman–Crippen LogP) is 3.79. The monoisotopic (exact) mass is 322 g/mol. The topological polar surface area (TPSA) is 56.5 Å². The quantitative estimate of drug-likeness (QED) is 0.841. The Labute approximate surface area is 120 Å². The number of nitrogens with two attached hydrogens (primary N) is 1. The van der Waals surface area contributed by atoms with Crippen LogP contribution in [0.15, 0.2) is 40.9 Å². The van der Waals surface area contributed by atoms with Gasteiger partial charge in [-0.2, -0.15) is 0 Å². The van der Waals surface area contributed by atoms with E-state index in [0.29, 0.717) is 11.4 Å². The van der Waals surface area contributed by atoms with E-state index in [1.54, 1.807) is 20.3 Å². The molecule has 2 aromatic carbocycles. The van der Waals surface area contributed by atoms with Gasteiger partial charge in [0.2, 0.25) is 0 Å². The van der Waals surface area contributed by atoms with Gasteiger partial charge >= 0.3 is 0 Å². The summed E-state index contributed by atoms with van der Waals surface area (Å²) < 4.78 is 11.3. The first kappa shape index (κ1) is 13.5. The molecule has 2 rings (SSSR count). The van der Waals surface area contributed by atoms with Gasteiger partial charge in [0.1, 0.15) is 11.5 Å². The van der Waals surface area contributed by atoms with Crippen LogP contribution in [0, 0.1) is 0 Å². The van der Waals surface area contributed by atoms with E-state index in [1.807, 2.05) is 30.3 Å². The lowest BCUT2D eigenvalue weighted by Gasteiger charge is -2.11. The number of hydrogen-bond donors (Lipinski definition) is 2. The fraction of sp³-hybridized carbons (Fsp3) is 0.143. The first-order chi connectivity index (χ1) is 9.13. The summed E-state index contributed by atoms with van der Waals surface area (Å²) >= 11 is 3.45. The van der Waals surface area contributed by atoms with Crippen molar-refractivity contribution >= 4 is 33.0 Å². The Morgan fingerprint density at radius 1 is 0.947 bits per heavy atom. The van der Waals surface area contributed by atoms with Crippen LogP contribution < -0.4 is 20.5 Å². The predicted molar refractivity (Wildman–Crippen MR) is 81.4 cm³/mol. The second-order valence-electron chi connectivity index (χ2n) is 3.93. The molecule has 0 fully saturated rings. The highest BCUT2D eigenvalue weighted by molar-refractivity contribution is 9.10. The molecule has 0 amide bonds. The number of ether oxygens (including phenoxy) is 2. The van der Waals surface area contributed by atoms with Gasteiger partial charge in [0.05, 0.1) is 24.4 Å². The highest BCUT2D eigenvalue weighted by Gasteiger charge is 2.04. The molecular weight excluding hydrogens is 308 g/mol. The number of nitrogen functional groups attached to an aromatic ring is 1. The van der Waals surface area contributed by atoms with Crippen molar-refractivity contribution in [3.05, 3.63) is 40.9 Å². The van der Waals surface area contributed by atoms with Crippen LogP contribution >= 0.6 is 15.9 Å². The van der Waals surface area contributed by atoms with Crippen molar-refractivity contribution in [1.82, 2.24) is 0 Å². The molecule has 3 N–H and O–H groups in total. The maximum absolute atomic E-state index is 5.78. The van der Waals surface area contributed by atoms with Crippen molar-refractivity contribution in [2.45, 2.75) is 0 Å². The van der Waals surface area contributed by atoms with Crippen molar-refractivity contribution in [2.75, 3.05) is 25.3 Å². The first-order valence-electron chi connectivity index (χ1n) is 5.68. The van der Waals surface area contributed by atoms with Crippen LogP contribution in [0.25, 0.3) is 0 Å². The molecule has 19 heavy (non-hydrogen) atoms. The second-order valence-corrected chi connectivity index (χ2v) is 4.79. The van der Waals surface area contributed by atoms with E-state index in [9.17, 15) is 0 Å². The van der Waals surface area contributed by atoms with E-state index in [4.69, 9.17) is 15.2 Å². The summed E-state index contributed by atoms with van der Waals surface area (Å²) in [7, 11) is 3.23. The van der Waals surface area contributed by atoms with Gasteiger partial charge in [-0.3, -0.25) is 0 Å². The van der Waals surface area contributed by atoms with Crippen LogP contribution in [0.1, 0.15) is 0 Å². The highest BCUT2D eigenvalue weighted by atomic mass is 79.9. The van der Waals surface area contributed by atoms with Gasteiger partial charge in [0.25, 0.3) is 0 Å². The average Bonchev–Trinajstić information content (AvgIpc) is 2.41. The summed E-state index contributed by atoms with van der Waals surface area (Å²) in [6, 6.07) is 11.3. The van der Waals surface area contributed by atoms with Crippen LogP contribution in [0.3, 0.4) is 0 Å². The molecule has 5 heteroatoms. The van der Waals surface area contributed by atoms with Crippen molar-refractivity contribution in [3.8, 4) is 11.5 Å². The van der Waals surface area contributed by atoms with Gasteiger partial charge in [-0.05, 0) is 46.3 Å². The molecule has 0 aliphatic rings. The van der Waals surface area contributed by atoms with Gasteiger partial charge in [0, 0.05) is 17.4 Å². The maximum atomic E-state index is 5.78. The molecule has 2 aromatic rings. The Hall–Kier alpha value is -1.88. The third kappa shape index (κ3) is 3.12. The largest absolute Gasteiger partial charge is 0.496 e. The molecule has 0 unspecified atom stereocenters. The molecule has 0 bridgehead atoms. The Morgan fingerprint density at radius 2 is 1.58 bits per heavy atom. The highest BCUT2D eigenvalue weighted by Crippen LogP contribution is 2.31. The van der Waals surface area contributed by atoms with Crippen molar-refractivity contribution < 1.29 is 9.47 Å². The summed E-state index contributed by atoms with van der Waals surface area (Å²) in [4.78, 5) is 0. The van der Waals surface area contributed by atoms with E-state index in [0.717, 1.165) is 21.6 Å². The zero-order valence-electron chi connectivity index (χ0n) is 10.7. The molecule has 0 spiro atoms. The molecule has 0 saturated carbocycles. The average molecular weight is 323 g/mol. The van der Waals surface area contributed by atoms with Gasteiger partial charge in [-0.15, -0.1) is 0 Å². The summed E-state index contributed by atoms with van der Waals surface area (Å²) in [5.74, 6) is 1.44. The maximum Gasteiger partial charge on any atom is 0.143 e. The van der Waals surface area contributed by atoms with Crippen molar-refractivity contribution in [3.63, 3.8) is 0 Å². The summed E-state index contributed by atoms with van der Waals surface area (Å²) in [5, 5.41) is 3.28. The summed E-state index contributed by atoms with van der Waals surface area (Å²) in [6.45, 7) is 0. The van der Waals surface area contributed by atoms with Crippen LogP contribution in [-0.2, 0) is 0 Å². The van der Waals surface area contributed by atoms with Crippen molar-refractivity contribution in [2.24, 2.45) is 0 Å². The normalized spacial score (nSPS) is 10.1. The molecule has 0 radical (unpaired) electrons. The van der Waals surface area contributed by atoms with E-state index < -0.39 is 0 Å². The molecule has 4 nitrogen and oxygen atoms in total. The molecular formula is C14H15BrN2O2. The van der Waals surface area contributed by atoms with Crippen molar-refractivity contribution in [1.29, 1.82) is 0 Å². The number of nitrogens with one attached hydrogen (secondary N) is 1. The molecule has 100 valence electrons. The third-order valence-electron chi connectivity index (χ3n) is 2.67. The molecule has 0 aliphatic carbocycles. The Bertz CT molecular complexity index is 588. The van der Waals surface area contributed by atoms with Gasteiger partial charge < -0.3 is 20.5 Å². The van der Waals surface area contributed by atoms with Gasteiger partial charge in [-0.1, -0.05) is 0 Å². The number of benzene rings is 2. The lowest BCUT2D eigenvalue weighted by atomic mass is 10.2. The molecule has 0 heterocycles. The Balaban J connectivity index is 2.23. The van der Waals surface area contributed by atoms with Crippen LogP contribution in [0.4, 0.5) is 17.1 Å². The standard InChI is InChI=1S/C14H15BrN2O2/c1-18-13-6-4-9(7-11(13)15)17-10-3-5-12(16)14(8-10)19-2/h3-8,17H,16H2,1-2H3. The van der Waals surface area contributed by atoms with E-state index in [2.05, 4.69) is 21.2 Å². The number of halogens is 1. The SMILES string of the molecule is COc1cc(Nc2ccc(OC)c(Br)c2)ccc1N.